The number of amides is 1. The maximum absolute atomic E-state index is 12.4. The van der Waals surface area contributed by atoms with Crippen molar-refractivity contribution in [2.75, 3.05) is 5.75 Å². The van der Waals surface area contributed by atoms with E-state index in [2.05, 4.69) is 54.8 Å². The zero-order valence-electron chi connectivity index (χ0n) is 25.2. The Balaban J connectivity index is 4.12. The first-order chi connectivity index (χ1) is 19.3. The van der Waals surface area contributed by atoms with Crippen LogP contribution >= 0.6 is 0 Å². The molecule has 0 spiro atoms. The van der Waals surface area contributed by atoms with Gasteiger partial charge in [-0.15, -0.1) is 0 Å². The molecule has 2 atom stereocenters. The zero-order valence-corrected chi connectivity index (χ0v) is 26.0. The van der Waals surface area contributed by atoms with E-state index in [9.17, 15) is 22.9 Å². The van der Waals surface area contributed by atoms with E-state index in [0.29, 0.717) is 12.8 Å². The number of rotatable bonds is 26. The number of hydrogen-bond acceptors (Lipinski definition) is 4. The van der Waals surface area contributed by atoms with Gasteiger partial charge in [-0.1, -0.05) is 106 Å². The Hall–Kier alpha value is -1.96. The van der Waals surface area contributed by atoms with E-state index in [1.807, 2.05) is 13.0 Å². The molecule has 0 saturated carbocycles. The van der Waals surface area contributed by atoms with Gasteiger partial charge in [-0.25, -0.2) is 0 Å². The van der Waals surface area contributed by atoms with Gasteiger partial charge in [-0.05, 0) is 71.1 Å². The average Bonchev–Trinajstić information content (AvgIpc) is 2.90. The summed E-state index contributed by atoms with van der Waals surface area (Å²) in [5.74, 6) is -1.04. The lowest BCUT2D eigenvalue weighted by Crippen LogP contribution is -2.46. The van der Waals surface area contributed by atoms with Crippen LogP contribution in [0.2, 0.25) is 0 Å². The fourth-order valence-electron chi connectivity index (χ4n) is 4.16. The Morgan fingerprint density at radius 2 is 1.25 bits per heavy atom. The van der Waals surface area contributed by atoms with Gasteiger partial charge >= 0.3 is 0 Å². The van der Waals surface area contributed by atoms with Crippen molar-refractivity contribution < 1.29 is 22.9 Å². The summed E-state index contributed by atoms with van der Waals surface area (Å²) in [7, 11) is -4.35. The number of unbranched alkanes of at least 4 members (excludes halogenated alkanes) is 11. The first-order valence-corrected chi connectivity index (χ1v) is 17.1. The Morgan fingerprint density at radius 3 is 1.85 bits per heavy atom. The molecule has 0 aromatic rings. The summed E-state index contributed by atoms with van der Waals surface area (Å²) in [6, 6.07) is -1.09. The van der Waals surface area contributed by atoms with Crippen LogP contribution in [0.25, 0.3) is 0 Å². The van der Waals surface area contributed by atoms with E-state index >= 15 is 0 Å². The molecule has 230 valence electrons. The summed E-state index contributed by atoms with van der Waals surface area (Å²) in [5, 5.41) is 13.0. The molecule has 0 aromatic heterocycles. The minimum atomic E-state index is -4.35. The van der Waals surface area contributed by atoms with E-state index < -0.39 is 28.0 Å². The SMILES string of the molecule is C/C=C/CC/C=C/CC/C=C/C(O)C(CS(=O)(=O)O)NC(=O)CCCCCCC/C=C\C/C=C\CCCCCC. The molecular formula is C33H57NO5S. The molecule has 0 saturated heterocycles. The second-order valence-electron chi connectivity index (χ2n) is 10.4. The van der Waals surface area contributed by atoms with Crippen LogP contribution in [-0.4, -0.2) is 41.9 Å². The molecule has 2 unspecified atom stereocenters. The van der Waals surface area contributed by atoms with Gasteiger partial charge in [-0.2, -0.15) is 8.42 Å². The molecule has 0 aromatic carbocycles. The fraction of sp³-hybridized carbons (Fsp3) is 0.667. The zero-order chi connectivity index (χ0) is 29.7. The molecule has 3 N–H and O–H groups in total. The largest absolute Gasteiger partial charge is 0.387 e. The Morgan fingerprint density at radius 1 is 0.725 bits per heavy atom. The van der Waals surface area contributed by atoms with Gasteiger partial charge in [0.1, 0.15) is 0 Å². The van der Waals surface area contributed by atoms with Crippen LogP contribution in [0.4, 0.5) is 0 Å². The van der Waals surface area contributed by atoms with E-state index in [1.54, 1.807) is 6.08 Å². The van der Waals surface area contributed by atoms with Gasteiger partial charge in [-0.3, -0.25) is 9.35 Å². The maximum Gasteiger partial charge on any atom is 0.267 e. The normalized spacial score (nSPS) is 14.4. The average molecular weight is 580 g/mol. The van der Waals surface area contributed by atoms with Gasteiger partial charge in [0.05, 0.1) is 17.9 Å². The third-order valence-electron chi connectivity index (χ3n) is 6.49. The third kappa shape index (κ3) is 27.6. The van der Waals surface area contributed by atoms with Crippen LogP contribution in [0.5, 0.6) is 0 Å². The van der Waals surface area contributed by atoms with Gasteiger partial charge < -0.3 is 10.4 Å². The number of aliphatic hydroxyl groups is 1. The smallest absolute Gasteiger partial charge is 0.267 e. The van der Waals surface area contributed by atoms with Crippen LogP contribution in [0.3, 0.4) is 0 Å². The first kappa shape index (κ1) is 38.0. The highest BCUT2D eigenvalue weighted by Crippen LogP contribution is 2.10. The predicted molar refractivity (Wildman–Crippen MR) is 170 cm³/mol. The Kier molecular flexibility index (Phi) is 25.9. The highest BCUT2D eigenvalue weighted by atomic mass is 32.2. The maximum atomic E-state index is 12.4. The number of aliphatic hydroxyl groups excluding tert-OH is 1. The molecule has 0 heterocycles. The van der Waals surface area contributed by atoms with Gasteiger partial charge in [0.2, 0.25) is 5.91 Å². The van der Waals surface area contributed by atoms with Crippen molar-refractivity contribution in [3.63, 3.8) is 0 Å². The van der Waals surface area contributed by atoms with E-state index in [1.165, 1.54) is 38.2 Å². The Bertz CT molecular complexity index is 858. The van der Waals surface area contributed by atoms with Crippen LogP contribution in [-0.2, 0) is 14.9 Å². The summed E-state index contributed by atoms with van der Waals surface area (Å²) < 4.78 is 32.1. The third-order valence-corrected chi connectivity index (χ3v) is 7.27. The number of carbonyl (C=O) groups is 1. The quantitative estimate of drug-likeness (QED) is 0.0545. The topological polar surface area (TPSA) is 104 Å². The predicted octanol–water partition coefficient (Wildman–Crippen LogP) is 8.17. The highest BCUT2D eigenvalue weighted by Gasteiger charge is 2.24. The summed E-state index contributed by atoms with van der Waals surface area (Å²) in [6.45, 7) is 4.23. The molecule has 0 aliphatic rings. The first-order valence-electron chi connectivity index (χ1n) is 15.5. The molecule has 0 rings (SSSR count). The second kappa shape index (κ2) is 27.2. The lowest BCUT2D eigenvalue weighted by atomic mass is 10.1. The molecule has 0 fully saturated rings. The van der Waals surface area contributed by atoms with Crippen molar-refractivity contribution in [1.82, 2.24) is 5.32 Å². The van der Waals surface area contributed by atoms with Crippen LogP contribution in [0.15, 0.2) is 60.8 Å². The van der Waals surface area contributed by atoms with Crippen LogP contribution in [0.1, 0.15) is 123 Å². The van der Waals surface area contributed by atoms with Gasteiger partial charge in [0.15, 0.2) is 0 Å². The van der Waals surface area contributed by atoms with Gasteiger partial charge in [0, 0.05) is 6.42 Å². The van der Waals surface area contributed by atoms with Crippen molar-refractivity contribution >= 4 is 16.0 Å². The van der Waals surface area contributed by atoms with Crippen molar-refractivity contribution in [2.24, 2.45) is 0 Å². The summed E-state index contributed by atoms with van der Waals surface area (Å²) in [5.41, 5.74) is 0. The van der Waals surface area contributed by atoms with Crippen molar-refractivity contribution in [3.05, 3.63) is 60.8 Å². The summed E-state index contributed by atoms with van der Waals surface area (Å²) >= 11 is 0. The number of nitrogens with one attached hydrogen (secondary N) is 1. The van der Waals surface area contributed by atoms with Crippen molar-refractivity contribution in [2.45, 2.75) is 135 Å². The standard InChI is InChI=1S/C33H57NO5S/c1-3-5-7-9-11-13-14-15-16-17-18-19-21-23-25-27-29-33(36)34-31(30-40(37,38)39)32(35)28-26-24-22-20-12-10-8-6-4-2/h4,6,12-14,16-17,20,26,28,31-32,35H,3,5,7-11,15,18-19,21-25,27,29-30H2,1-2H3,(H,34,36)(H,37,38,39)/b6-4+,14-13-,17-16-,20-12+,28-26+. The number of carbonyl (C=O) groups excluding carboxylic acids is 1. The lowest BCUT2D eigenvalue weighted by molar-refractivity contribution is -0.122. The second-order valence-corrected chi connectivity index (χ2v) is 11.9. The van der Waals surface area contributed by atoms with E-state index in [0.717, 1.165) is 57.8 Å². The number of allylic oxidation sites excluding steroid dienone is 9. The summed E-state index contributed by atoms with van der Waals surface area (Å²) in [4.78, 5) is 12.4. The molecule has 0 aliphatic carbocycles. The Labute approximate surface area is 245 Å². The highest BCUT2D eigenvalue weighted by molar-refractivity contribution is 7.85. The molecule has 1 amide bonds. The van der Waals surface area contributed by atoms with Crippen LogP contribution < -0.4 is 5.32 Å². The molecule has 0 aliphatic heterocycles. The van der Waals surface area contributed by atoms with Crippen molar-refractivity contribution in [1.29, 1.82) is 0 Å². The van der Waals surface area contributed by atoms with Crippen LogP contribution in [0, 0.1) is 0 Å². The monoisotopic (exact) mass is 579 g/mol. The fourth-order valence-corrected chi connectivity index (χ4v) is 4.90. The van der Waals surface area contributed by atoms with E-state index in [4.69, 9.17) is 0 Å². The summed E-state index contributed by atoms with van der Waals surface area (Å²) in [6.07, 6.45) is 36.5. The molecule has 40 heavy (non-hydrogen) atoms. The molecule has 0 bridgehead atoms. The molecule has 0 radical (unpaired) electrons. The van der Waals surface area contributed by atoms with Gasteiger partial charge in [0.25, 0.3) is 10.1 Å². The minimum Gasteiger partial charge on any atom is -0.387 e. The molecule has 6 nitrogen and oxygen atoms in total. The molecular weight excluding hydrogens is 522 g/mol. The minimum absolute atomic E-state index is 0.265. The van der Waals surface area contributed by atoms with Crippen molar-refractivity contribution in [3.8, 4) is 0 Å². The number of hydrogen-bond donors (Lipinski definition) is 3. The lowest BCUT2D eigenvalue weighted by Gasteiger charge is -2.21. The van der Waals surface area contributed by atoms with E-state index in [-0.39, 0.29) is 12.3 Å². The molecule has 7 heteroatoms.